The molecule has 3 aromatic rings. The number of benzene rings is 1. The Bertz CT molecular complexity index is 673. The lowest BCUT2D eigenvalue weighted by Gasteiger charge is -1.95. The SMILES string of the molecule is CC(C)c1csc(-c2nnc(-c3ccccc3)o2)n1. The minimum absolute atomic E-state index is 0.404. The van der Waals surface area contributed by atoms with Gasteiger partial charge in [-0.25, -0.2) is 4.98 Å². The second-order valence-corrected chi connectivity index (χ2v) is 5.37. The van der Waals surface area contributed by atoms with Gasteiger partial charge in [0, 0.05) is 10.9 Å². The first-order valence-corrected chi connectivity index (χ1v) is 6.96. The Morgan fingerprint density at radius 2 is 1.79 bits per heavy atom. The van der Waals surface area contributed by atoms with Gasteiger partial charge in [0.2, 0.25) is 5.89 Å². The molecule has 0 aliphatic rings. The van der Waals surface area contributed by atoms with Gasteiger partial charge < -0.3 is 4.42 Å². The summed E-state index contributed by atoms with van der Waals surface area (Å²) in [5, 5.41) is 10.9. The van der Waals surface area contributed by atoms with E-state index in [9.17, 15) is 0 Å². The highest BCUT2D eigenvalue weighted by Gasteiger charge is 2.14. The van der Waals surface area contributed by atoms with Crippen molar-refractivity contribution in [2.75, 3.05) is 0 Å². The summed E-state index contributed by atoms with van der Waals surface area (Å²) in [6, 6.07) is 9.73. The molecule has 0 aliphatic heterocycles. The van der Waals surface area contributed by atoms with Gasteiger partial charge in [0.05, 0.1) is 5.69 Å². The maximum atomic E-state index is 5.67. The third kappa shape index (κ3) is 2.42. The van der Waals surface area contributed by atoms with E-state index in [1.54, 1.807) is 0 Å². The molecule has 5 heteroatoms. The molecular formula is C14H13N3OS. The van der Waals surface area contributed by atoms with Crippen LogP contribution in [0.15, 0.2) is 40.1 Å². The van der Waals surface area contributed by atoms with E-state index in [0.29, 0.717) is 17.7 Å². The van der Waals surface area contributed by atoms with Crippen LogP contribution < -0.4 is 0 Å². The average Bonchev–Trinajstić information content (AvgIpc) is 3.09. The number of hydrogen-bond donors (Lipinski definition) is 0. The zero-order valence-corrected chi connectivity index (χ0v) is 11.5. The quantitative estimate of drug-likeness (QED) is 0.723. The van der Waals surface area contributed by atoms with Crippen molar-refractivity contribution in [3.8, 4) is 22.4 Å². The second kappa shape index (κ2) is 4.93. The fraction of sp³-hybridized carbons (Fsp3) is 0.214. The fourth-order valence-corrected chi connectivity index (χ4v) is 2.56. The molecule has 19 heavy (non-hydrogen) atoms. The van der Waals surface area contributed by atoms with Gasteiger partial charge in [-0.05, 0) is 18.1 Å². The zero-order chi connectivity index (χ0) is 13.2. The van der Waals surface area contributed by atoms with Gasteiger partial charge in [-0.2, -0.15) is 0 Å². The van der Waals surface area contributed by atoms with Gasteiger partial charge in [-0.3, -0.25) is 0 Å². The minimum Gasteiger partial charge on any atom is -0.414 e. The van der Waals surface area contributed by atoms with Crippen molar-refractivity contribution in [2.24, 2.45) is 0 Å². The molecule has 0 atom stereocenters. The van der Waals surface area contributed by atoms with Crippen molar-refractivity contribution >= 4 is 11.3 Å². The molecule has 0 amide bonds. The standard InChI is InChI=1S/C14H13N3OS/c1-9(2)11-8-19-14(15-11)13-17-16-12(18-13)10-6-4-3-5-7-10/h3-9H,1-2H3. The predicted octanol–water partition coefficient (Wildman–Crippen LogP) is 3.98. The van der Waals surface area contributed by atoms with Crippen molar-refractivity contribution in [1.29, 1.82) is 0 Å². The second-order valence-electron chi connectivity index (χ2n) is 4.51. The molecule has 0 unspecified atom stereocenters. The predicted molar refractivity (Wildman–Crippen MR) is 74.9 cm³/mol. The van der Waals surface area contributed by atoms with E-state index < -0.39 is 0 Å². The normalized spacial score (nSPS) is 11.1. The lowest BCUT2D eigenvalue weighted by molar-refractivity contribution is 0.583. The largest absolute Gasteiger partial charge is 0.414 e. The topological polar surface area (TPSA) is 51.8 Å². The Balaban J connectivity index is 1.92. The highest BCUT2D eigenvalue weighted by molar-refractivity contribution is 7.13. The van der Waals surface area contributed by atoms with E-state index in [0.717, 1.165) is 16.3 Å². The van der Waals surface area contributed by atoms with E-state index in [-0.39, 0.29) is 0 Å². The summed E-state index contributed by atoms with van der Waals surface area (Å²) >= 11 is 1.53. The lowest BCUT2D eigenvalue weighted by Crippen LogP contribution is -1.86. The van der Waals surface area contributed by atoms with Crippen LogP contribution in [0, 0.1) is 0 Å². The van der Waals surface area contributed by atoms with Gasteiger partial charge in [0.15, 0.2) is 5.01 Å². The Labute approximate surface area is 115 Å². The third-order valence-electron chi connectivity index (χ3n) is 2.74. The average molecular weight is 271 g/mol. The number of hydrogen-bond acceptors (Lipinski definition) is 5. The zero-order valence-electron chi connectivity index (χ0n) is 10.7. The summed E-state index contributed by atoms with van der Waals surface area (Å²) < 4.78 is 5.67. The summed E-state index contributed by atoms with van der Waals surface area (Å²) in [5.41, 5.74) is 1.97. The molecular weight excluding hydrogens is 258 g/mol. The van der Waals surface area contributed by atoms with Crippen LogP contribution in [-0.4, -0.2) is 15.2 Å². The Morgan fingerprint density at radius 3 is 2.47 bits per heavy atom. The molecule has 0 spiro atoms. The molecule has 4 nitrogen and oxygen atoms in total. The highest BCUT2D eigenvalue weighted by atomic mass is 32.1. The van der Waals surface area contributed by atoms with Gasteiger partial charge >= 0.3 is 0 Å². The number of aromatic nitrogens is 3. The van der Waals surface area contributed by atoms with Gasteiger partial charge in [-0.15, -0.1) is 21.5 Å². The molecule has 0 saturated heterocycles. The number of thiazole rings is 1. The van der Waals surface area contributed by atoms with E-state index in [1.165, 1.54) is 11.3 Å². The van der Waals surface area contributed by atoms with E-state index in [2.05, 4.69) is 29.0 Å². The van der Waals surface area contributed by atoms with Crippen LogP contribution in [0.25, 0.3) is 22.4 Å². The van der Waals surface area contributed by atoms with Crippen LogP contribution in [0.3, 0.4) is 0 Å². The van der Waals surface area contributed by atoms with Crippen LogP contribution in [-0.2, 0) is 0 Å². The van der Waals surface area contributed by atoms with Crippen LogP contribution in [0.5, 0.6) is 0 Å². The molecule has 1 aromatic carbocycles. The van der Waals surface area contributed by atoms with Gasteiger partial charge in [-0.1, -0.05) is 32.0 Å². The summed E-state index contributed by atoms with van der Waals surface area (Å²) in [5.74, 6) is 1.41. The highest BCUT2D eigenvalue weighted by Crippen LogP contribution is 2.28. The third-order valence-corrected chi connectivity index (χ3v) is 3.59. The molecule has 2 heterocycles. The number of nitrogens with zero attached hydrogens (tertiary/aromatic N) is 3. The van der Waals surface area contributed by atoms with Crippen LogP contribution in [0.4, 0.5) is 0 Å². The lowest BCUT2D eigenvalue weighted by atomic mass is 10.2. The summed E-state index contributed by atoms with van der Waals surface area (Å²) in [4.78, 5) is 4.51. The maximum Gasteiger partial charge on any atom is 0.277 e. The first kappa shape index (κ1) is 12.0. The molecule has 96 valence electrons. The van der Waals surface area contributed by atoms with Crippen molar-refractivity contribution in [2.45, 2.75) is 19.8 Å². The maximum absolute atomic E-state index is 5.67. The first-order valence-electron chi connectivity index (χ1n) is 6.09. The van der Waals surface area contributed by atoms with Crippen molar-refractivity contribution in [1.82, 2.24) is 15.2 Å². The minimum atomic E-state index is 0.404. The monoisotopic (exact) mass is 271 g/mol. The smallest absolute Gasteiger partial charge is 0.277 e. The summed E-state index contributed by atoms with van der Waals surface area (Å²) in [6.45, 7) is 4.23. The van der Waals surface area contributed by atoms with Gasteiger partial charge in [0.25, 0.3) is 5.89 Å². The Kier molecular flexibility index (Phi) is 3.13. The van der Waals surface area contributed by atoms with Crippen LogP contribution >= 0.6 is 11.3 Å². The van der Waals surface area contributed by atoms with E-state index in [4.69, 9.17) is 4.42 Å². The van der Waals surface area contributed by atoms with Crippen LogP contribution in [0.1, 0.15) is 25.5 Å². The van der Waals surface area contributed by atoms with Gasteiger partial charge in [0.1, 0.15) is 0 Å². The summed E-state index contributed by atoms with van der Waals surface area (Å²) in [7, 11) is 0. The molecule has 3 rings (SSSR count). The fourth-order valence-electron chi connectivity index (χ4n) is 1.66. The molecule has 2 aromatic heterocycles. The van der Waals surface area contributed by atoms with E-state index in [1.807, 2.05) is 35.7 Å². The van der Waals surface area contributed by atoms with Crippen molar-refractivity contribution < 1.29 is 4.42 Å². The summed E-state index contributed by atoms with van der Waals surface area (Å²) in [6.07, 6.45) is 0. The molecule has 0 aliphatic carbocycles. The first-order chi connectivity index (χ1) is 9.24. The molecule has 0 fully saturated rings. The molecule has 0 radical (unpaired) electrons. The molecule has 0 saturated carbocycles. The van der Waals surface area contributed by atoms with Crippen molar-refractivity contribution in [3.63, 3.8) is 0 Å². The van der Waals surface area contributed by atoms with Crippen molar-refractivity contribution in [3.05, 3.63) is 41.4 Å². The van der Waals surface area contributed by atoms with Crippen LogP contribution in [0.2, 0.25) is 0 Å². The molecule has 0 N–H and O–H groups in total. The number of rotatable bonds is 3. The Hall–Kier alpha value is -2.01. The molecule has 0 bridgehead atoms. The van der Waals surface area contributed by atoms with E-state index >= 15 is 0 Å². The Morgan fingerprint density at radius 1 is 1.05 bits per heavy atom.